The number of nitrogens with zero attached hydrogens (tertiary/aromatic N) is 4. The van der Waals surface area contributed by atoms with Gasteiger partial charge in [0.2, 0.25) is 0 Å². The van der Waals surface area contributed by atoms with Gasteiger partial charge in [-0.25, -0.2) is 9.78 Å². The number of carboxylic acids is 1. The molecule has 1 fully saturated rings. The molecular weight excluding hydrogens is 320 g/mol. The molecule has 1 aliphatic rings. The van der Waals surface area contributed by atoms with Crippen LogP contribution in [0.2, 0.25) is 0 Å². The maximum Gasteiger partial charge on any atom is 0.335 e. The second kappa shape index (κ2) is 5.79. The Labute approximate surface area is 142 Å². The summed E-state index contributed by atoms with van der Waals surface area (Å²) in [7, 11) is 0. The molecule has 3 aromatic rings. The Morgan fingerprint density at radius 1 is 1.36 bits per heavy atom. The standard InChI is InChI=1S/C17H14N6O2/c18-8-13-9-19-16-14(20-11-4-5-11)7-15(22-23(13)16)21-12-3-1-2-10(6-12)17(24)25/h1-3,6-7,9,11,20H,4-5H2,(H,21,22)(H,24,25). The second-order valence-corrected chi connectivity index (χ2v) is 5.86. The molecule has 0 saturated heterocycles. The summed E-state index contributed by atoms with van der Waals surface area (Å²) in [6, 6.07) is 10.8. The fraction of sp³-hybridized carbons (Fsp3) is 0.176. The fourth-order valence-corrected chi connectivity index (χ4v) is 2.54. The molecule has 1 aliphatic carbocycles. The first-order valence-corrected chi connectivity index (χ1v) is 7.80. The molecule has 3 N–H and O–H groups in total. The highest BCUT2D eigenvalue weighted by Gasteiger charge is 2.23. The van der Waals surface area contributed by atoms with E-state index in [1.165, 1.54) is 22.8 Å². The number of hydrogen-bond donors (Lipinski definition) is 3. The third-order valence-corrected chi connectivity index (χ3v) is 3.90. The lowest BCUT2D eigenvalue weighted by Crippen LogP contribution is -2.08. The van der Waals surface area contributed by atoms with Crippen molar-refractivity contribution in [2.75, 3.05) is 10.6 Å². The van der Waals surface area contributed by atoms with Crippen LogP contribution in [0.4, 0.5) is 17.2 Å². The number of nitrogens with one attached hydrogen (secondary N) is 2. The van der Waals surface area contributed by atoms with Crippen LogP contribution in [0, 0.1) is 11.3 Å². The Morgan fingerprint density at radius 2 is 2.20 bits per heavy atom. The van der Waals surface area contributed by atoms with Gasteiger partial charge in [-0.05, 0) is 31.0 Å². The molecule has 0 spiro atoms. The van der Waals surface area contributed by atoms with Crippen LogP contribution in [0.3, 0.4) is 0 Å². The monoisotopic (exact) mass is 334 g/mol. The van der Waals surface area contributed by atoms with Crippen molar-refractivity contribution in [1.29, 1.82) is 5.26 Å². The molecule has 8 heteroatoms. The molecule has 25 heavy (non-hydrogen) atoms. The number of aromatic nitrogens is 3. The minimum Gasteiger partial charge on any atom is -0.478 e. The largest absolute Gasteiger partial charge is 0.478 e. The van der Waals surface area contributed by atoms with E-state index in [1.807, 2.05) is 6.07 Å². The zero-order chi connectivity index (χ0) is 17.4. The van der Waals surface area contributed by atoms with Gasteiger partial charge in [0.05, 0.1) is 17.4 Å². The van der Waals surface area contributed by atoms with E-state index >= 15 is 0 Å². The molecule has 2 aromatic heterocycles. The van der Waals surface area contributed by atoms with Crippen LogP contribution >= 0.6 is 0 Å². The quantitative estimate of drug-likeness (QED) is 0.657. The van der Waals surface area contributed by atoms with E-state index in [1.54, 1.807) is 12.1 Å². The third-order valence-electron chi connectivity index (χ3n) is 3.90. The number of anilines is 3. The lowest BCUT2D eigenvalue weighted by molar-refractivity contribution is 0.0697. The lowest BCUT2D eigenvalue weighted by atomic mass is 10.2. The molecule has 1 saturated carbocycles. The van der Waals surface area contributed by atoms with Crippen molar-refractivity contribution in [3.05, 3.63) is 47.8 Å². The van der Waals surface area contributed by atoms with E-state index < -0.39 is 5.97 Å². The highest BCUT2D eigenvalue weighted by molar-refractivity contribution is 5.89. The average Bonchev–Trinajstić information content (AvgIpc) is 3.32. The summed E-state index contributed by atoms with van der Waals surface area (Å²) in [5, 5.41) is 29.2. The van der Waals surface area contributed by atoms with E-state index in [0.29, 0.717) is 28.9 Å². The van der Waals surface area contributed by atoms with Crippen LogP contribution in [-0.2, 0) is 0 Å². The third kappa shape index (κ3) is 2.95. The Hall–Kier alpha value is -3.60. The van der Waals surface area contributed by atoms with Gasteiger partial charge in [0.25, 0.3) is 0 Å². The Morgan fingerprint density at radius 3 is 2.92 bits per heavy atom. The Balaban J connectivity index is 1.74. The van der Waals surface area contributed by atoms with Gasteiger partial charge in [0.15, 0.2) is 17.2 Å². The number of fused-ring (bicyclic) bond motifs is 1. The highest BCUT2D eigenvalue weighted by Crippen LogP contribution is 2.29. The van der Waals surface area contributed by atoms with Gasteiger partial charge in [-0.2, -0.15) is 9.78 Å². The van der Waals surface area contributed by atoms with Crippen LogP contribution in [0.5, 0.6) is 0 Å². The lowest BCUT2D eigenvalue weighted by Gasteiger charge is -2.11. The molecule has 4 rings (SSSR count). The van der Waals surface area contributed by atoms with Crippen molar-refractivity contribution in [1.82, 2.24) is 14.6 Å². The maximum absolute atomic E-state index is 11.1. The number of rotatable bonds is 5. The van der Waals surface area contributed by atoms with Gasteiger partial charge < -0.3 is 15.7 Å². The zero-order valence-electron chi connectivity index (χ0n) is 13.1. The van der Waals surface area contributed by atoms with Crippen molar-refractivity contribution in [2.45, 2.75) is 18.9 Å². The number of imidazole rings is 1. The van der Waals surface area contributed by atoms with Gasteiger partial charge in [0, 0.05) is 17.8 Å². The number of benzene rings is 1. The second-order valence-electron chi connectivity index (χ2n) is 5.86. The van der Waals surface area contributed by atoms with Crippen molar-refractivity contribution in [3.63, 3.8) is 0 Å². The summed E-state index contributed by atoms with van der Waals surface area (Å²) in [6.07, 6.45) is 3.68. The number of aromatic carboxylic acids is 1. The first-order chi connectivity index (χ1) is 12.1. The van der Waals surface area contributed by atoms with Crippen LogP contribution in [0.1, 0.15) is 28.9 Å². The molecule has 124 valence electrons. The van der Waals surface area contributed by atoms with Crippen molar-refractivity contribution >= 4 is 28.8 Å². The summed E-state index contributed by atoms with van der Waals surface area (Å²) in [6.45, 7) is 0. The highest BCUT2D eigenvalue weighted by atomic mass is 16.4. The first-order valence-electron chi connectivity index (χ1n) is 7.80. The summed E-state index contributed by atoms with van der Waals surface area (Å²) >= 11 is 0. The number of carbonyl (C=O) groups is 1. The van der Waals surface area contributed by atoms with Crippen LogP contribution < -0.4 is 10.6 Å². The van der Waals surface area contributed by atoms with E-state index in [0.717, 1.165) is 18.5 Å². The molecule has 1 aromatic carbocycles. The van der Waals surface area contributed by atoms with Crippen LogP contribution in [-0.4, -0.2) is 31.7 Å². The Bertz CT molecular complexity index is 1020. The summed E-state index contributed by atoms with van der Waals surface area (Å²) in [5.74, 6) is -0.503. The van der Waals surface area contributed by atoms with E-state index in [9.17, 15) is 10.1 Å². The van der Waals surface area contributed by atoms with E-state index in [2.05, 4.69) is 26.8 Å². The van der Waals surface area contributed by atoms with Crippen LogP contribution in [0.15, 0.2) is 36.5 Å². The van der Waals surface area contributed by atoms with Gasteiger partial charge >= 0.3 is 5.97 Å². The maximum atomic E-state index is 11.1. The van der Waals surface area contributed by atoms with Crippen molar-refractivity contribution in [2.24, 2.45) is 0 Å². The summed E-state index contributed by atoms with van der Waals surface area (Å²) in [4.78, 5) is 15.4. The zero-order valence-corrected chi connectivity index (χ0v) is 13.1. The number of carboxylic acid groups (broad SMARTS) is 1. The molecule has 0 bridgehead atoms. The average molecular weight is 334 g/mol. The summed E-state index contributed by atoms with van der Waals surface area (Å²) in [5.41, 5.74) is 2.49. The molecule has 0 amide bonds. The molecule has 0 unspecified atom stereocenters. The molecule has 2 heterocycles. The summed E-state index contributed by atoms with van der Waals surface area (Å²) < 4.78 is 1.48. The molecular formula is C17H14N6O2. The van der Waals surface area contributed by atoms with Crippen LogP contribution in [0.25, 0.3) is 5.65 Å². The predicted molar refractivity (Wildman–Crippen MR) is 91.0 cm³/mol. The van der Waals surface area contributed by atoms with Gasteiger partial charge in [-0.3, -0.25) is 0 Å². The van der Waals surface area contributed by atoms with Crippen molar-refractivity contribution in [3.8, 4) is 6.07 Å². The first kappa shape index (κ1) is 15.0. The van der Waals surface area contributed by atoms with Gasteiger partial charge in [0.1, 0.15) is 6.07 Å². The molecule has 8 nitrogen and oxygen atoms in total. The minimum atomic E-state index is -0.996. The van der Waals surface area contributed by atoms with E-state index in [4.69, 9.17) is 5.11 Å². The SMILES string of the molecule is N#Cc1cnc2c(NC3CC3)cc(Nc3cccc(C(=O)O)c3)nn12. The topological polar surface area (TPSA) is 115 Å². The number of nitriles is 1. The predicted octanol–water partition coefficient (Wildman–Crippen LogP) is 2.62. The van der Waals surface area contributed by atoms with Gasteiger partial charge in [-0.1, -0.05) is 6.07 Å². The Kier molecular flexibility index (Phi) is 3.47. The fourth-order valence-electron chi connectivity index (χ4n) is 2.54. The van der Waals surface area contributed by atoms with E-state index in [-0.39, 0.29) is 5.56 Å². The molecule has 0 radical (unpaired) electrons. The normalized spacial score (nSPS) is 13.4. The van der Waals surface area contributed by atoms with Crippen molar-refractivity contribution < 1.29 is 9.90 Å². The molecule has 0 atom stereocenters. The van der Waals surface area contributed by atoms with Gasteiger partial charge in [-0.15, -0.1) is 5.10 Å². The molecule has 0 aliphatic heterocycles. The minimum absolute atomic E-state index is 0.183. The smallest absolute Gasteiger partial charge is 0.335 e. The number of hydrogen-bond acceptors (Lipinski definition) is 6.